The van der Waals surface area contributed by atoms with Crippen molar-refractivity contribution in [1.29, 1.82) is 0 Å². The molecule has 2 aliphatic rings. The molecule has 3 N–H and O–H groups in total. The fraction of sp³-hybridized carbons (Fsp3) is 0.500. The minimum absolute atomic E-state index is 0.0404. The molecule has 0 radical (unpaired) electrons. The fourth-order valence-corrected chi connectivity index (χ4v) is 5.16. The van der Waals surface area contributed by atoms with Gasteiger partial charge in [0.1, 0.15) is 36.1 Å². The molecule has 0 spiro atoms. The maximum atomic E-state index is 15.0. The Bertz CT molecular complexity index is 1440. The number of aromatic amines is 1. The zero-order valence-corrected chi connectivity index (χ0v) is 22.6. The molecule has 3 atom stereocenters. The van der Waals surface area contributed by atoms with Gasteiger partial charge in [0.15, 0.2) is 0 Å². The van der Waals surface area contributed by atoms with Crippen LogP contribution in [0.5, 0.6) is 5.75 Å². The summed E-state index contributed by atoms with van der Waals surface area (Å²) in [6, 6.07) is 2.09. The summed E-state index contributed by atoms with van der Waals surface area (Å²) in [6.07, 6.45) is -1.97. The van der Waals surface area contributed by atoms with E-state index in [9.17, 15) is 22.8 Å². The molecule has 0 aliphatic heterocycles. The molecule has 2 amide bonds. The van der Waals surface area contributed by atoms with Gasteiger partial charge in [0.25, 0.3) is 5.91 Å². The number of amides is 2. The third-order valence-electron chi connectivity index (χ3n) is 7.46. The first-order valence-electron chi connectivity index (χ1n) is 13.5. The lowest BCUT2D eigenvalue weighted by atomic mass is 9.89. The molecular weight excluding hydrogens is 546 g/mol. The number of H-pyrrole nitrogens is 1. The van der Waals surface area contributed by atoms with Gasteiger partial charge in [-0.15, -0.1) is 0 Å². The third-order valence-corrected chi connectivity index (χ3v) is 7.46. The number of carbonyl (C=O) groups excluding carboxylic acids is 2. The van der Waals surface area contributed by atoms with Gasteiger partial charge in [-0.1, -0.05) is 0 Å². The van der Waals surface area contributed by atoms with E-state index < -0.39 is 29.9 Å². The van der Waals surface area contributed by atoms with Crippen molar-refractivity contribution >= 4 is 22.8 Å². The largest absolute Gasteiger partial charge is 0.493 e. The summed E-state index contributed by atoms with van der Waals surface area (Å²) in [7, 11) is 1.39. The molecule has 5 rings (SSSR count). The molecule has 3 aromatic rings. The van der Waals surface area contributed by atoms with Crippen LogP contribution < -0.4 is 15.4 Å². The number of nitrogens with one attached hydrogen (secondary N) is 3. The van der Waals surface area contributed by atoms with Crippen molar-refractivity contribution in [3.8, 4) is 17.0 Å². The second-order valence-electron chi connectivity index (χ2n) is 10.6. The van der Waals surface area contributed by atoms with Crippen LogP contribution in [0.15, 0.2) is 24.5 Å². The van der Waals surface area contributed by atoms with E-state index in [2.05, 4.69) is 25.6 Å². The van der Waals surface area contributed by atoms with E-state index >= 15 is 4.39 Å². The molecule has 2 fully saturated rings. The first-order chi connectivity index (χ1) is 19.5. The molecule has 2 aliphatic carbocycles. The quantitative estimate of drug-likeness (QED) is 0.323. The summed E-state index contributed by atoms with van der Waals surface area (Å²) < 4.78 is 66.5. The van der Waals surface area contributed by atoms with Crippen LogP contribution in [0.3, 0.4) is 0 Å². The van der Waals surface area contributed by atoms with Crippen molar-refractivity contribution in [2.75, 3.05) is 20.3 Å². The van der Waals surface area contributed by atoms with E-state index in [0.717, 1.165) is 25.0 Å². The summed E-state index contributed by atoms with van der Waals surface area (Å²) in [5.41, 5.74) is 0.450. The Kier molecular flexibility index (Phi) is 8.16. The Hall–Kier alpha value is -3.74. The molecule has 2 saturated carbocycles. The minimum atomic E-state index is -4.58. The van der Waals surface area contributed by atoms with Crippen LogP contribution in [0.25, 0.3) is 22.3 Å². The Morgan fingerprint density at radius 1 is 1.12 bits per heavy atom. The van der Waals surface area contributed by atoms with Gasteiger partial charge in [0.05, 0.1) is 29.3 Å². The van der Waals surface area contributed by atoms with Crippen molar-refractivity contribution in [1.82, 2.24) is 25.6 Å². The van der Waals surface area contributed by atoms with Crippen LogP contribution >= 0.6 is 0 Å². The average Bonchev–Trinajstić information content (AvgIpc) is 3.68. The number of halogens is 4. The standard InChI is InChI=1S/C28H31F4N5O4/c1-14-23(27(39)37-20-7-6-17(10-19(20)29)36-22(38)12-40-2)25-26(35-14)24(33-13-34-25)18-9-16(28(30,31)32)5-8-21(18)41-11-15-3-4-15/h5,8-9,13,15,17,19-20,35H,3-4,6-7,10-12H2,1-2H3,(H,36,38)(H,37,39)/t17-,19+,20+/m0/s1. The Morgan fingerprint density at radius 2 is 1.90 bits per heavy atom. The molecule has 13 heteroatoms. The molecule has 9 nitrogen and oxygen atoms in total. The Balaban J connectivity index is 1.41. The number of nitrogens with zero attached hydrogens (tertiary/aromatic N) is 2. The number of hydrogen-bond donors (Lipinski definition) is 3. The summed E-state index contributed by atoms with van der Waals surface area (Å²) in [6.45, 7) is 1.89. The van der Waals surface area contributed by atoms with Crippen molar-refractivity contribution in [2.24, 2.45) is 5.92 Å². The number of ether oxygens (including phenoxy) is 2. The SMILES string of the molecule is COCC(=O)N[C@H]1CC[C@@H](NC(=O)c2c(C)[nH]c3c(-c4cc(C(F)(F)F)ccc4OCC4CC4)ncnc23)[C@H](F)C1. The highest BCUT2D eigenvalue weighted by Gasteiger charge is 2.35. The maximum absolute atomic E-state index is 15.0. The molecule has 0 saturated heterocycles. The molecule has 2 aromatic heterocycles. The van der Waals surface area contributed by atoms with Crippen molar-refractivity contribution < 1.29 is 36.6 Å². The van der Waals surface area contributed by atoms with Gasteiger partial charge >= 0.3 is 6.18 Å². The molecule has 1 aromatic carbocycles. The number of fused-ring (bicyclic) bond motifs is 1. The van der Waals surface area contributed by atoms with Crippen molar-refractivity contribution in [3.63, 3.8) is 0 Å². The summed E-state index contributed by atoms with van der Waals surface area (Å²) in [5, 5.41) is 5.46. The number of hydrogen-bond acceptors (Lipinski definition) is 6. The first kappa shape index (κ1) is 28.8. The van der Waals surface area contributed by atoms with E-state index in [1.165, 1.54) is 19.5 Å². The number of carbonyl (C=O) groups is 2. The third kappa shape index (κ3) is 6.45. The van der Waals surface area contributed by atoms with E-state index in [-0.39, 0.29) is 58.6 Å². The maximum Gasteiger partial charge on any atom is 0.416 e. The highest BCUT2D eigenvalue weighted by Crippen LogP contribution is 2.40. The molecule has 41 heavy (non-hydrogen) atoms. The summed E-state index contributed by atoms with van der Waals surface area (Å²) >= 11 is 0. The Labute approximate surface area is 233 Å². The second-order valence-corrected chi connectivity index (χ2v) is 10.6. The van der Waals surface area contributed by atoms with Crippen LogP contribution in [0.2, 0.25) is 0 Å². The smallest absolute Gasteiger partial charge is 0.416 e. The molecule has 0 bridgehead atoms. The van der Waals surface area contributed by atoms with Crippen LogP contribution in [0.4, 0.5) is 17.6 Å². The number of aryl methyl sites for hydroxylation is 1. The normalized spacial score (nSPS) is 21.1. The predicted molar refractivity (Wildman–Crippen MR) is 141 cm³/mol. The topological polar surface area (TPSA) is 118 Å². The Morgan fingerprint density at radius 3 is 2.59 bits per heavy atom. The van der Waals surface area contributed by atoms with Gasteiger partial charge in [0.2, 0.25) is 5.91 Å². The number of methoxy groups -OCH3 is 1. The lowest BCUT2D eigenvalue weighted by Gasteiger charge is -2.32. The van der Waals surface area contributed by atoms with Gasteiger partial charge in [0, 0.05) is 30.8 Å². The van der Waals surface area contributed by atoms with E-state index in [1.807, 2.05) is 0 Å². The van der Waals surface area contributed by atoms with Crippen LogP contribution in [0, 0.1) is 12.8 Å². The lowest BCUT2D eigenvalue weighted by molar-refractivity contribution is -0.137. The fourth-order valence-electron chi connectivity index (χ4n) is 5.16. The summed E-state index contributed by atoms with van der Waals surface area (Å²) in [4.78, 5) is 36.7. The minimum Gasteiger partial charge on any atom is -0.493 e. The van der Waals surface area contributed by atoms with Crippen LogP contribution in [-0.4, -0.2) is 65.3 Å². The number of rotatable bonds is 9. The first-order valence-corrected chi connectivity index (χ1v) is 13.5. The molecule has 220 valence electrons. The lowest BCUT2D eigenvalue weighted by Crippen LogP contribution is -2.50. The zero-order valence-electron chi connectivity index (χ0n) is 22.6. The second kappa shape index (κ2) is 11.6. The number of benzene rings is 1. The van der Waals surface area contributed by atoms with Gasteiger partial charge in [-0.2, -0.15) is 13.2 Å². The monoisotopic (exact) mass is 577 g/mol. The van der Waals surface area contributed by atoms with Gasteiger partial charge in [-0.05, 0) is 56.7 Å². The van der Waals surface area contributed by atoms with Crippen molar-refractivity contribution in [2.45, 2.75) is 63.5 Å². The molecular formula is C28H31F4N5O4. The van der Waals surface area contributed by atoms with Gasteiger partial charge in [-0.3, -0.25) is 9.59 Å². The van der Waals surface area contributed by atoms with Gasteiger partial charge < -0.3 is 25.1 Å². The van der Waals surface area contributed by atoms with E-state index in [1.54, 1.807) is 6.92 Å². The van der Waals surface area contributed by atoms with Crippen LogP contribution in [0.1, 0.15) is 53.7 Å². The number of aromatic nitrogens is 3. The van der Waals surface area contributed by atoms with E-state index in [4.69, 9.17) is 9.47 Å². The molecule has 0 unspecified atom stereocenters. The van der Waals surface area contributed by atoms with E-state index in [0.29, 0.717) is 31.1 Å². The zero-order chi connectivity index (χ0) is 29.3. The predicted octanol–water partition coefficient (Wildman–Crippen LogP) is 4.49. The highest BCUT2D eigenvalue weighted by atomic mass is 19.4. The number of alkyl halides is 4. The highest BCUT2D eigenvalue weighted by molar-refractivity contribution is 6.09. The molecule has 2 heterocycles. The average molecular weight is 578 g/mol. The summed E-state index contributed by atoms with van der Waals surface area (Å²) in [5.74, 6) is -0.284. The van der Waals surface area contributed by atoms with Crippen molar-refractivity contribution in [3.05, 3.63) is 41.3 Å². The van der Waals surface area contributed by atoms with Gasteiger partial charge in [-0.25, -0.2) is 14.4 Å². The van der Waals surface area contributed by atoms with Crippen LogP contribution in [-0.2, 0) is 15.7 Å².